The van der Waals surface area contributed by atoms with Crippen LogP contribution in [0.1, 0.15) is 47.1 Å². The minimum Gasteiger partial charge on any atom is -0.412 e. The summed E-state index contributed by atoms with van der Waals surface area (Å²) in [4.78, 5) is 17.2. The molecule has 2 rings (SSSR count). The number of benzene rings is 1. The Bertz CT molecular complexity index is 937. The summed E-state index contributed by atoms with van der Waals surface area (Å²) in [6.07, 6.45) is 1.75. The quantitative estimate of drug-likeness (QED) is 0.542. The standard InChI is InChI=1S/C22H36N4O2Si/c1-21(2,3)25-19-20(27)26(7)13-18(24-19)15-11-10-12-17(23)16(15)14-28-29(8,9)22(4,5)6/h10-13H,14,23H2,1-9H3,(H,24,25). The van der Waals surface area contributed by atoms with Crippen LogP contribution in [0.5, 0.6) is 0 Å². The van der Waals surface area contributed by atoms with Gasteiger partial charge in [-0.2, -0.15) is 0 Å². The van der Waals surface area contributed by atoms with Gasteiger partial charge in [-0.1, -0.05) is 32.9 Å². The van der Waals surface area contributed by atoms with Gasteiger partial charge in [0.2, 0.25) is 0 Å². The van der Waals surface area contributed by atoms with Crippen molar-refractivity contribution in [1.29, 1.82) is 0 Å². The van der Waals surface area contributed by atoms with E-state index in [9.17, 15) is 4.79 Å². The second-order valence-electron chi connectivity index (χ2n) is 10.2. The third kappa shape index (κ3) is 5.48. The molecular formula is C22H36N4O2Si. The van der Waals surface area contributed by atoms with Crippen molar-refractivity contribution in [2.75, 3.05) is 11.1 Å². The molecule has 0 spiro atoms. The molecule has 0 saturated carbocycles. The number of nitrogens with two attached hydrogens (primary N) is 1. The molecule has 2 aromatic rings. The summed E-state index contributed by atoms with van der Waals surface area (Å²) in [5.41, 5.74) is 9.05. The molecule has 0 bridgehead atoms. The molecule has 1 aromatic carbocycles. The van der Waals surface area contributed by atoms with E-state index in [0.717, 1.165) is 11.1 Å². The van der Waals surface area contributed by atoms with Crippen LogP contribution in [0.25, 0.3) is 11.3 Å². The summed E-state index contributed by atoms with van der Waals surface area (Å²) in [6, 6.07) is 5.77. The van der Waals surface area contributed by atoms with Gasteiger partial charge in [-0.25, -0.2) is 4.98 Å². The van der Waals surface area contributed by atoms with Crippen LogP contribution in [-0.4, -0.2) is 23.4 Å². The first-order chi connectivity index (χ1) is 13.1. The molecule has 0 radical (unpaired) electrons. The summed E-state index contributed by atoms with van der Waals surface area (Å²) in [5.74, 6) is 0.330. The Kier molecular flexibility index (Phi) is 6.35. The van der Waals surface area contributed by atoms with E-state index < -0.39 is 8.32 Å². The molecule has 7 heteroatoms. The van der Waals surface area contributed by atoms with Crippen LogP contribution in [0.15, 0.2) is 29.2 Å². The Hall–Kier alpha value is -2.12. The summed E-state index contributed by atoms with van der Waals surface area (Å²) in [6.45, 7) is 17.5. The molecule has 160 valence electrons. The van der Waals surface area contributed by atoms with Gasteiger partial charge in [-0.15, -0.1) is 0 Å². The molecular weight excluding hydrogens is 380 g/mol. The number of hydrogen-bond donors (Lipinski definition) is 2. The third-order valence-corrected chi connectivity index (χ3v) is 9.91. The summed E-state index contributed by atoms with van der Waals surface area (Å²) in [7, 11) is -0.205. The maximum atomic E-state index is 12.5. The highest BCUT2D eigenvalue weighted by Crippen LogP contribution is 2.38. The normalized spacial score (nSPS) is 12.9. The fourth-order valence-electron chi connectivity index (χ4n) is 2.65. The molecule has 0 aliphatic rings. The van der Waals surface area contributed by atoms with Crippen LogP contribution in [-0.2, 0) is 18.1 Å². The lowest BCUT2D eigenvalue weighted by molar-refractivity contribution is 0.277. The van der Waals surface area contributed by atoms with Crippen molar-refractivity contribution in [3.8, 4) is 11.3 Å². The molecule has 3 N–H and O–H groups in total. The first kappa shape index (κ1) is 23.2. The molecule has 1 aromatic heterocycles. The lowest BCUT2D eigenvalue weighted by Gasteiger charge is -2.36. The van der Waals surface area contributed by atoms with E-state index in [-0.39, 0.29) is 16.1 Å². The predicted octanol–water partition coefficient (Wildman–Crippen LogP) is 4.76. The molecule has 0 fully saturated rings. The van der Waals surface area contributed by atoms with E-state index in [4.69, 9.17) is 10.2 Å². The highest BCUT2D eigenvalue weighted by atomic mass is 28.4. The van der Waals surface area contributed by atoms with Crippen LogP contribution < -0.4 is 16.6 Å². The zero-order valence-corrected chi connectivity index (χ0v) is 20.3. The monoisotopic (exact) mass is 416 g/mol. The van der Waals surface area contributed by atoms with Crippen LogP contribution >= 0.6 is 0 Å². The van der Waals surface area contributed by atoms with Gasteiger partial charge in [-0.3, -0.25) is 4.79 Å². The average Bonchev–Trinajstić information content (AvgIpc) is 2.55. The second-order valence-corrected chi connectivity index (χ2v) is 15.0. The fourth-order valence-corrected chi connectivity index (χ4v) is 3.59. The van der Waals surface area contributed by atoms with Crippen molar-refractivity contribution in [2.24, 2.45) is 7.05 Å². The third-order valence-electron chi connectivity index (χ3n) is 5.44. The average molecular weight is 417 g/mol. The number of anilines is 2. The predicted molar refractivity (Wildman–Crippen MR) is 125 cm³/mol. The topological polar surface area (TPSA) is 82.2 Å². The Labute approximate surface area is 175 Å². The van der Waals surface area contributed by atoms with Crippen LogP contribution in [0.2, 0.25) is 18.1 Å². The van der Waals surface area contributed by atoms with Crippen molar-refractivity contribution in [2.45, 2.75) is 71.8 Å². The van der Waals surface area contributed by atoms with E-state index in [0.29, 0.717) is 23.8 Å². The number of hydrogen-bond acceptors (Lipinski definition) is 5. The van der Waals surface area contributed by atoms with Crippen molar-refractivity contribution < 1.29 is 4.43 Å². The van der Waals surface area contributed by atoms with Crippen molar-refractivity contribution in [1.82, 2.24) is 9.55 Å². The van der Waals surface area contributed by atoms with Crippen molar-refractivity contribution in [3.63, 3.8) is 0 Å². The number of nitrogen functional groups attached to an aromatic ring is 1. The van der Waals surface area contributed by atoms with Gasteiger partial charge in [0.25, 0.3) is 5.56 Å². The van der Waals surface area contributed by atoms with Crippen LogP contribution in [0.3, 0.4) is 0 Å². The highest BCUT2D eigenvalue weighted by Gasteiger charge is 2.37. The highest BCUT2D eigenvalue weighted by molar-refractivity contribution is 6.74. The smallest absolute Gasteiger partial charge is 0.293 e. The Morgan fingerprint density at radius 3 is 2.34 bits per heavy atom. The van der Waals surface area contributed by atoms with E-state index in [1.165, 1.54) is 0 Å². The van der Waals surface area contributed by atoms with Gasteiger partial charge in [0.1, 0.15) is 0 Å². The number of rotatable bonds is 5. The van der Waals surface area contributed by atoms with Gasteiger partial charge in [0.05, 0.1) is 12.3 Å². The Balaban J connectivity index is 2.52. The molecule has 0 unspecified atom stereocenters. The van der Waals surface area contributed by atoms with Crippen LogP contribution in [0, 0.1) is 0 Å². The maximum absolute atomic E-state index is 12.5. The lowest BCUT2D eigenvalue weighted by Crippen LogP contribution is -2.40. The molecule has 29 heavy (non-hydrogen) atoms. The van der Waals surface area contributed by atoms with Gasteiger partial charge in [0.15, 0.2) is 14.1 Å². The molecule has 0 aliphatic carbocycles. The molecule has 0 amide bonds. The van der Waals surface area contributed by atoms with Crippen molar-refractivity contribution in [3.05, 3.63) is 40.3 Å². The van der Waals surface area contributed by atoms with E-state index in [1.54, 1.807) is 17.8 Å². The van der Waals surface area contributed by atoms with E-state index in [2.05, 4.69) is 44.2 Å². The fraction of sp³-hybridized carbons (Fsp3) is 0.545. The first-order valence-electron chi connectivity index (χ1n) is 10.00. The second kappa shape index (κ2) is 7.95. The van der Waals surface area contributed by atoms with E-state index in [1.807, 2.05) is 39.0 Å². The number of aryl methyl sites for hydroxylation is 1. The van der Waals surface area contributed by atoms with E-state index >= 15 is 0 Å². The molecule has 0 aliphatic heterocycles. The Morgan fingerprint density at radius 1 is 1.17 bits per heavy atom. The molecule has 0 saturated heterocycles. The van der Waals surface area contributed by atoms with Gasteiger partial charge < -0.3 is 20.0 Å². The molecule has 1 heterocycles. The zero-order valence-electron chi connectivity index (χ0n) is 19.3. The SMILES string of the molecule is Cn1cc(-c2cccc(N)c2CO[Si](C)(C)C(C)(C)C)nc(NC(C)(C)C)c1=O. The molecule has 6 nitrogen and oxygen atoms in total. The van der Waals surface area contributed by atoms with Gasteiger partial charge in [-0.05, 0) is 45.0 Å². The summed E-state index contributed by atoms with van der Waals surface area (Å²) >= 11 is 0. The lowest BCUT2D eigenvalue weighted by atomic mass is 10.0. The maximum Gasteiger partial charge on any atom is 0.293 e. The van der Waals surface area contributed by atoms with Gasteiger partial charge >= 0.3 is 0 Å². The summed E-state index contributed by atoms with van der Waals surface area (Å²) < 4.78 is 7.99. The van der Waals surface area contributed by atoms with Gasteiger partial charge in [0, 0.05) is 35.6 Å². The number of aromatic nitrogens is 2. The number of nitrogens with zero attached hydrogens (tertiary/aromatic N) is 2. The largest absolute Gasteiger partial charge is 0.412 e. The number of nitrogens with one attached hydrogen (secondary N) is 1. The summed E-state index contributed by atoms with van der Waals surface area (Å²) in [5, 5.41) is 3.32. The van der Waals surface area contributed by atoms with Crippen molar-refractivity contribution >= 4 is 19.8 Å². The molecule has 0 atom stereocenters. The minimum absolute atomic E-state index is 0.107. The van der Waals surface area contributed by atoms with Crippen LogP contribution in [0.4, 0.5) is 11.5 Å². The first-order valence-corrected chi connectivity index (χ1v) is 12.9. The minimum atomic E-state index is -1.94. The Morgan fingerprint density at radius 2 is 1.79 bits per heavy atom. The zero-order chi connectivity index (χ0) is 22.2.